The first-order chi connectivity index (χ1) is 31.7. The van der Waals surface area contributed by atoms with Crippen molar-refractivity contribution in [1.29, 1.82) is 0 Å². The molecule has 0 bridgehead atoms. The van der Waals surface area contributed by atoms with Crippen LogP contribution in [0.15, 0.2) is 30.3 Å². The first kappa shape index (κ1) is 57.8. The molecule has 1 aromatic rings. The van der Waals surface area contributed by atoms with Crippen molar-refractivity contribution < 1.29 is 57.7 Å². The summed E-state index contributed by atoms with van der Waals surface area (Å²) < 4.78 is 17.2. The van der Waals surface area contributed by atoms with Gasteiger partial charge in [-0.3, -0.25) is 33.7 Å². The monoisotopic (exact) mass is 947 g/mol. The summed E-state index contributed by atoms with van der Waals surface area (Å²) in [6, 6.07) is 5.87. The molecule has 1 aliphatic rings. The molecule has 0 aliphatic carbocycles. The zero-order valence-electron chi connectivity index (χ0n) is 41.4. The number of likely N-dealkylation sites (N-methyl/N-ethyl adjacent to an activating group) is 2. The molecule has 1 unspecified atom stereocenters. The van der Waals surface area contributed by atoms with Gasteiger partial charge in [-0.25, -0.2) is 9.59 Å². The number of benzene rings is 1. The van der Waals surface area contributed by atoms with E-state index in [0.717, 1.165) is 5.56 Å². The van der Waals surface area contributed by atoms with Crippen molar-refractivity contribution in [2.24, 2.45) is 17.8 Å². The Balaban J connectivity index is 2.12. The van der Waals surface area contributed by atoms with Crippen molar-refractivity contribution in [2.45, 2.75) is 129 Å². The van der Waals surface area contributed by atoms with Crippen molar-refractivity contribution in [3.05, 3.63) is 35.9 Å². The maximum atomic E-state index is 14.3. The van der Waals surface area contributed by atoms with Gasteiger partial charge in [0.05, 0.1) is 55.8 Å². The second kappa shape index (κ2) is 29.4. The van der Waals surface area contributed by atoms with Crippen LogP contribution in [-0.2, 0) is 54.2 Å². The molecule has 6 N–H and O–H groups in total. The molecule has 67 heavy (non-hydrogen) atoms. The van der Waals surface area contributed by atoms with Gasteiger partial charge in [0.1, 0.15) is 12.1 Å². The van der Waals surface area contributed by atoms with Crippen LogP contribution in [0.1, 0.15) is 85.6 Å². The van der Waals surface area contributed by atoms with E-state index in [1.165, 1.54) is 21.1 Å². The van der Waals surface area contributed by atoms with Gasteiger partial charge in [0.2, 0.25) is 35.4 Å². The molecule has 9 atom stereocenters. The lowest BCUT2D eigenvalue weighted by Gasteiger charge is -2.39. The van der Waals surface area contributed by atoms with Crippen LogP contribution < -0.4 is 26.6 Å². The lowest BCUT2D eigenvalue weighted by atomic mass is 9.90. The van der Waals surface area contributed by atoms with E-state index in [1.54, 1.807) is 23.8 Å². The Morgan fingerprint density at radius 2 is 1.52 bits per heavy atom. The molecular formula is C47H78N8O12. The first-order valence-corrected chi connectivity index (χ1v) is 23.3. The lowest BCUT2D eigenvalue weighted by Crippen LogP contribution is -2.55. The average molecular weight is 947 g/mol. The summed E-state index contributed by atoms with van der Waals surface area (Å²) in [5.41, 5.74) is 0.805. The Morgan fingerprint density at radius 1 is 0.851 bits per heavy atom. The SMILES string of the molecule is CC[C@H](C)[C@@H]([C@@H](CC(=O)N1CCC[C@H]1[C@H](OC)[C@@H](C)C(=O)N[C@@H](Cc1ccccc1)C(=O)NCCCOC(=O)[C@H](C)NC(=O)CCNC(=O)O)OC)N(C)C(=O)CNC(=O)C(C(C)C)N(C)C. The number of carboxylic acid groups (broad SMARTS) is 1. The Labute approximate surface area is 396 Å². The highest BCUT2D eigenvalue weighted by atomic mass is 16.5. The molecule has 0 spiro atoms. The predicted molar refractivity (Wildman–Crippen MR) is 250 cm³/mol. The third kappa shape index (κ3) is 18.7. The number of methoxy groups -OCH3 is 2. The van der Waals surface area contributed by atoms with Gasteiger partial charge in [-0.15, -0.1) is 0 Å². The van der Waals surface area contributed by atoms with E-state index in [4.69, 9.17) is 19.3 Å². The molecule has 2 rings (SSSR count). The largest absolute Gasteiger partial charge is 0.465 e. The van der Waals surface area contributed by atoms with E-state index in [2.05, 4.69) is 26.6 Å². The molecule has 1 heterocycles. The fourth-order valence-electron chi connectivity index (χ4n) is 8.57. The first-order valence-electron chi connectivity index (χ1n) is 23.3. The molecule has 1 fully saturated rings. The quantitative estimate of drug-likeness (QED) is 0.0493. The van der Waals surface area contributed by atoms with Crippen LogP contribution >= 0.6 is 0 Å². The molecule has 1 aromatic carbocycles. The minimum absolute atomic E-state index is 0.0298. The number of nitrogens with one attached hydrogen (secondary N) is 5. The highest BCUT2D eigenvalue weighted by molar-refractivity contribution is 5.89. The third-order valence-electron chi connectivity index (χ3n) is 12.3. The van der Waals surface area contributed by atoms with Crippen molar-refractivity contribution in [1.82, 2.24) is 41.3 Å². The van der Waals surface area contributed by atoms with Gasteiger partial charge in [0, 0.05) is 53.7 Å². The van der Waals surface area contributed by atoms with Crippen molar-refractivity contribution in [3.63, 3.8) is 0 Å². The Kier molecular flexibility index (Phi) is 25.4. The number of carbonyl (C=O) groups excluding carboxylic acids is 7. The number of likely N-dealkylation sites (tertiary alicyclic amines) is 1. The molecular weight excluding hydrogens is 869 g/mol. The summed E-state index contributed by atoms with van der Waals surface area (Å²) >= 11 is 0. The topological polar surface area (TPSA) is 254 Å². The summed E-state index contributed by atoms with van der Waals surface area (Å²) in [5, 5.41) is 21.7. The zero-order chi connectivity index (χ0) is 50.4. The van der Waals surface area contributed by atoms with Crippen LogP contribution in [0.2, 0.25) is 0 Å². The number of esters is 1. The normalized spacial score (nSPS) is 17.2. The van der Waals surface area contributed by atoms with Gasteiger partial charge in [0.15, 0.2) is 0 Å². The van der Waals surface area contributed by atoms with Crippen molar-refractivity contribution in [3.8, 4) is 0 Å². The highest BCUT2D eigenvalue weighted by Crippen LogP contribution is 2.29. The fraction of sp³-hybridized carbons (Fsp3) is 0.702. The molecule has 378 valence electrons. The molecule has 20 nitrogen and oxygen atoms in total. The molecule has 0 aromatic heterocycles. The Hall–Kier alpha value is -5.34. The van der Waals surface area contributed by atoms with E-state index in [9.17, 15) is 38.4 Å². The summed E-state index contributed by atoms with van der Waals surface area (Å²) in [5.74, 6) is -3.73. The third-order valence-corrected chi connectivity index (χ3v) is 12.3. The molecule has 7 amide bonds. The molecule has 0 saturated carbocycles. The van der Waals surface area contributed by atoms with E-state index in [1.807, 2.05) is 77.0 Å². The number of rotatable bonds is 29. The average Bonchev–Trinajstić information content (AvgIpc) is 3.77. The molecule has 20 heteroatoms. The number of hydrogen-bond donors (Lipinski definition) is 6. The van der Waals surface area contributed by atoms with Crippen molar-refractivity contribution in [2.75, 3.05) is 68.1 Å². The van der Waals surface area contributed by atoms with Crippen LogP contribution in [0.25, 0.3) is 0 Å². The number of ether oxygens (including phenoxy) is 3. The van der Waals surface area contributed by atoms with Gasteiger partial charge >= 0.3 is 12.1 Å². The summed E-state index contributed by atoms with van der Waals surface area (Å²) in [7, 11) is 8.30. The highest BCUT2D eigenvalue weighted by Gasteiger charge is 2.42. The smallest absolute Gasteiger partial charge is 0.404 e. The van der Waals surface area contributed by atoms with E-state index >= 15 is 0 Å². The van der Waals surface area contributed by atoms with Gasteiger partial charge in [-0.1, -0.05) is 71.4 Å². The fourth-order valence-corrected chi connectivity index (χ4v) is 8.57. The number of hydrogen-bond acceptors (Lipinski definition) is 12. The Morgan fingerprint density at radius 3 is 2.10 bits per heavy atom. The number of amides is 7. The summed E-state index contributed by atoms with van der Waals surface area (Å²) in [4.78, 5) is 109. The van der Waals surface area contributed by atoms with E-state index < -0.39 is 78.1 Å². The zero-order valence-corrected chi connectivity index (χ0v) is 41.4. The van der Waals surface area contributed by atoms with E-state index in [0.29, 0.717) is 25.8 Å². The standard InChI is InChI=1S/C47H78N8O12/c1-12-30(4)41(54(9)39(58)28-50-45(61)40(29(2)3)53(7)8)36(65-10)27-38(57)55-24-16-20-35(55)42(66-11)31(5)43(59)52-34(26-33-18-14-13-15-19-33)44(60)48-22-17-25-67-46(62)32(6)51-37(56)21-23-49-47(63)64/h13-15,18-19,29-32,34-36,40-42,49H,12,16-17,20-28H2,1-11H3,(H,48,60)(H,50,61)(H,51,56)(H,52,59)(H,63,64)/t30-,31+,32-,34-,35-,36+,40?,41-,42+/m0/s1. The van der Waals surface area contributed by atoms with Gasteiger partial charge < -0.3 is 55.7 Å². The van der Waals surface area contributed by atoms with Crippen LogP contribution in [0.5, 0.6) is 0 Å². The molecule has 0 radical (unpaired) electrons. The van der Waals surface area contributed by atoms with Crippen LogP contribution in [0.4, 0.5) is 4.79 Å². The minimum Gasteiger partial charge on any atom is -0.465 e. The van der Waals surface area contributed by atoms with Crippen molar-refractivity contribution >= 4 is 47.5 Å². The maximum absolute atomic E-state index is 14.3. The van der Waals surface area contributed by atoms with Crippen LogP contribution in [0, 0.1) is 17.8 Å². The van der Waals surface area contributed by atoms with Crippen LogP contribution in [-0.4, -0.2) is 178 Å². The van der Waals surface area contributed by atoms with E-state index in [-0.39, 0.29) is 81.5 Å². The summed E-state index contributed by atoms with van der Waals surface area (Å²) in [6.45, 7) is 11.2. The number of carbonyl (C=O) groups is 8. The molecule has 1 saturated heterocycles. The second-order valence-corrected chi connectivity index (χ2v) is 17.8. The lowest BCUT2D eigenvalue weighted by molar-refractivity contribution is -0.147. The van der Waals surface area contributed by atoms with Gasteiger partial charge in [-0.2, -0.15) is 0 Å². The predicted octanol–water partition coefficient (Wildman–Crippen LogP) is 1.55. The minimum atomic E-state index is -1.26. The van der Waals surface area contributed by atoms with Crippen LogP contribution in [0.3, 0.4) is 0 Å². The maximum Gasteiger partial charge on any atom is 0.404 e. The Bertz CT molecular complexity index is 1760. The van der Waals surface area contributed by atoms with Gasteiger partial charge in [0.25, 0.3) is 0 Å². The van der Waals surface area contributed by atoms with Gasteiger partial charge in [-0.05, 0) is 57.7 Å². The second-order valence-electron chi connectivity index (χ2n) is 17.8. The number of nitrogens with zero attached hydrogens (tertiary/aromatic N) is 3. The molecule has 1 aliphatic heterocycles. The summed E-state index contributed by atoms with van der Waals surface area (Å²) in [6.07, 6.45) is -0.503.